The van der Waals surface area contributed by atoms with Gasteiger partial charge < -0.3 is 14.5 Å². The van der Waals surface area contributed by atoms with Crippen LogP contribution >= 0.6 is 0 Å². The first-order valence-electron chi connectivity index (χ1n) is 14.0. The number of rotatable bonds is 5. The molecule has 36 heavy (non-hydrogen) atoms. The van der Waals surface area contributed by atoms with E-state index in [2.05, 4.69) is 25.1 Å². The van der Waals surface area contributed by atoms with Crippen molar-refractivity contribution in [1.29, 1.82) is 0 Å². The minimum absolute atomic E-state index is 0.153. The van der Waals surface area contributed by atoms with Crippen LogP contribution in [0.4, 0.5) is 0 Å². The van der Waals surface area contributed by atoms with Crippen molar-refractivity contribution in [2.24, 2.45) is 39.7 Å². The molecule has 0 aromatic rings. The molecule has 7 nitrogen and oxygen atoms in total. The van der Waals surface area contributed by atoms with Crippen LogP contribution in [0.15, 0.2) is 16.8 Å². The summed E-state index contributed by atoms with van der Waals surface area (Å²) in [5.41, 5.74) is 2.78. The lowest BCUT2D eigenvalue weighted by Gasteiger charge is -2.58. The zero-order chi connectivity index (χ0) is 25.7. The summed E-state index contributed by atoms with van der Waals surface area (Å²) < 4.78 is 4.83. The van der Waals surface area contributed by atoms with Gasteiger partial charge in [-0.2, -0.15) is 0 Å². The molecule has 198 valence electrons. The largest absolute Gasteiger partial charge is 0.467 e. The van der Waals surface area contributed by atoms with Gasteiger partial charge in [0.2, 0.25) is 0 Å². The summed E-state index contributed by atoms with van der Waals surface area (Å²) in [4.78, 5) is 44.0. The number of oxime groups is 1. The van der Waals surface area contributed by atoms with E-state index >= 15 is 0 Å². The molecule has 0 unspecified atom stereocenters. The van der Waals surface area contributed by atoms with Crippen LogP contribution in [0.25, 0.3) is 0 Å². The topological polar surface area (TPSA) is 85.3 Å². The number of methoxy groups -OCH3 is 1. The van der Waals surface area contributed by atoms with Gasteiger partial charge in [-0.25, -0.2) is 4.79 Å². The van der Waals surface area contributed by atoms with E-state index in [1.165, 1.54) is 38.4 Å². The van der Waals surface area contributed by atoms with Crippen molar-refractivity contribution in [2.75, 3.05) is 20.3 Å². The molecule has 0 aromatic heterocycles. The van der Waals surface area contributed by atoms with Crippen molar-refractivity contribution in [3.05, 3.63) is 11.6 Å². The predicted octanol–water partition coefficient (Wildman–Crippen LogP) is 4.69. The predicted molar refractivity (Wildman–Crippen MR) is 136 cm³/mol. The van der Waals surface area contributed by atoms with Crippen LogP contribution < -0.4 is 0 Å². The molecular weight excluding hydrogens is 456 g/mol. The maximum absolute atomic E-state index is 12.6. The molecule has 7 heteroatoms. The molecule has 0 aromatic carbocycles. The maximum Gasteiger partial charge on any atom is 0.328 e. The van der Waals surface area contributed by atoms with Crippen LogP contribution in [-0.2, 0) is 24.0 Å². The van der Waals surface area contributed by atoms with Crippen molar-refractivity contribution in [3.8, 4) is 0 Å². The Bertz CT molecular complexity index is 988. The second kappa shape index (κ2) is 9.60. The number of Topliss-reactive ketones (excluding diaryl/α,β-unsaturated/α-hetero) is 1. The SMILES string of the molecule is COC(=O)[C@@H]1CCCN1C(=O)CO/N=C1/C=C2CC[C@@H]3[C@@H]4CC[C@H](C(C)=O)[C@@]4(C)CC[C@@H]3[C@@]2(C)CC1. The van der Waals surface area contributed by atoms with Gasteiger partial charge in [-0.3, -0.25) is 9.59 Å². The molecule has 1 aliphatic heterocycles. The van der Waals surface area contributed by atoms with Gasteiger partial charge in [0.1, 0.15) is 11.8 Å². The van der Waals surface area contributed by atoms with Crippen LogP contribution in [-0.4, -0.2) is 54.6 Å². The Labute approximate surface area is 215 Å². The average molecular weight is 499 g/mol. The summed E-state index contributed by atoms with van der Waals surface area (Å²) in [7, 11) is 1.35. The van der Waals surface area contributed by atoms with E-state index in [0.717, 1.165) is 37.8 Å². The van der Waals surface area contributed by atoms with E-state index < -0.39 is 6.04 Å². The second-order valence-electron chi connectivity index (χ2n) is 12.4. The summed E-state index contributed by atoms with van der Waals surface area (Å²) in [5.74, 6) is 2.13. The Morgan fingerprint density at radius 3 is 2.61 bits per heavy atom. The second-order valence-corrected chi connectivity index (χ2v) is 12.4. The van der Waals surface area contributed by atoms with Gasteiger partial charge in [-0.05, 0) is 106 Å². The van der Waals surface area contributed by atoms with Crippen LogP contribution in [0.2, 0.25) is 0 Å². The summed E-state index contributed by atoms with van der Waals surface area (Å²) in [6.07, 6.45) is 12.5. The molecule has 1 amide bonds. The first-order valence-corrected chi connectivity index (χ1v) is 14.0. The van der Waals surface area contributed by atoms with Gasteiger partial charge in [0.25, 0.3) is 5.91 Å². The number of allylic oxidation sites excluding steroid dienone is 2. The molecule has 4 aliphatic carbocycles. The van der Waals surface area contributed by atoms with E-state index in [1.807, 2.05) is 0 Å². The molecular formula is C29H42N2O5. The Kier molecular flexibility index (Phi) is 6.80. The van der Waals surface area contributed by atoms with Gasteiger partial charge in [0.05, 0.1) is 12.8 Å². The molecule has 0 N–H and O–H groups in total. The lowest BCUT2D eigenvalue weighted by atomic mass is 9.46. The number of nitrogens with zero attached hydrogens (tertiary/aromatic N) is 2. The van der Waals surface area contributed by atoms with Crippen molar-refractivity contribution in [2.45, 2.75) is 91.0 Å². The van der Waals surface area contributed by atoms with Crippen LogP contribution in [0.1, 0.15) is 85.0 Å². The molecule has 7 atom stereocenters. The summed E-state index contributed by atoms with van der Waals surface area (Å²) in [6, 6.07) is -0.505. The van der Waals surface area contributed by atoms with E-state index in [9.17, 15) is 14.4 Å². The third kappa shape index (κ3) is 4.10. The van der Waals surface area contributed by atoms with Gasteiger partial charge in [0, 0.05) is 12.5 Å². The van der Waals surface area contributed by atoms with Gasteiger partial charge in [-0.1, -0.05) is 24.6 Å². The molecule has 4 fully saturated rings. The highest BCUT2D eigenvalue weighted by Gasteiger charge is 2.59. The van der Waals surface area contributed by atoms with Crippen LogP contribution in [0, 0.1) is 34.5 Å². The van der Waals surface area contributed by atoms with Crippen molar-refractivity contribution >= 4 is 23.4 Å². The molecule has 1 heterocycles. The molecule has 0 spiro atoms. The Morgan fingerprint density at radius 1 is 1.06 bits per heavy atom. The zero-order valence-corrected chi connectivity index (χ0v) is 22.4. The first-order chi connectivity index (χ1) is 17.2. The highest BCUT2D eigenvalue weighted by atomic mass is 16.6. The number of likely N-dealkylation sites (tertiary alicyclic amines) is 1. The fourth-order valence-electron chi connectivity index (χ4n) is 9.01. The van der Waals surface area contributed by atoms with Crippen molar-refractivity contribution < 1.29 is 24.0 Å². The zero-order valence-electron chi connectivity index (χ0n) is 22.4. The molecule has 0 radical (unpaired) electrons. The third-order valence-electron chi connectivity index (χ3n) is 10.9. The molecule has 5 rings (SSSR count). The summed E-state index contributed by atoms with van der Waals surface area (Å²) >= 11 is 0. The normalized spacial score (nSPS) is 40.7. The number of ketones is 1. The van der Waals surface area contributed by atoms with E-state index in [0.29, 0.717) is 36.5 Å². The van der Waals surface area contributed by atoms with E-state index in [-0.39, 0.29) is 35.2 Å². The van der Waals surface area contributed by atoms with Crippen LogP contribution in [0.5, 0.6) is 0 Å². The highest BCUT2D eigenvalue weighted by Crippen LogP contribution is 2.66. The third-order valence-corrected chi connectivity index (χ3v) is 10.9. The highest BCUT2D eigenvalue weighted by molar-refractivity contribution is 5.96. The van der Waals surface area contributed by atoms with E-state index in [1.54, 1.807) is 11.8 Å². The number of carbonyl (C=O) groups excluding carboxylic acids is 3. The number of fused-ring (bicyclic) bond motifs is 5. The number of carbonyl (C=O) groups is 3. The summed E-state index contributed by atoms with van der Waals surface area (Å²) in [5, 5.41) is 4.34. The molecule has 0 bridgehead atoms. The first kappa shape index (κ1) is 25.5. The lowest BCUT2D eigenvalue weighted by Crippen LogP contribution is -2.51. The fraction of sp³-hybridized carbons (Fsp3) is 0.793. The van der Waals surface area contributed by atoms with Gasteiger partial charge in [-0.15, -0.1) is 0 Å². The minimum atomic E-state index is -0.505. The van der Waals surface area contributed by atoms with Crippen molar-refractivity contribution in [1.82, 2.24) is 4.90 Å². The fourth-order valence-corrected chi connectivity index (χ4v) is 9.01. The standard InChI is InChI=1S/C29H42N2O5/c1-18(32)22-9-10-23-21-8-7-19-16-20(11-13-28(19,2)24(21)12-14-29(22,23)3)30-36-17-26(33)31-15-5-6-25(31)27(34)35-4/h16,21-25H,5-15,17H2,1-4H3/b30-20+/t21-,22-,23+,24+,25+,28+,29-/m1/s1. The van der Waals surface area contributed by atoms with Gasteiger partial charge in [0.15, 0.2) is 6.61 Å². The Balaban J connectivity index is 1.23. The van der Waals surface area contributed by atoms with Crippen molar-refractivity contribution in [3.63, 3.8) is 0 Å². The quantitative estimate of drug-likeness (QED) is 0.405. The lowest BCUT2D eigenvalue weighted by molar-refractivity contribution is -0.152. The minimum Gasteiger partial charge on any atom is -0.467 e. The number of ether oxygens (including phenoxy) is 1. The molecule has 5 aliphatic rings. The number of hydrogen-bond donors (Lipinski definition) is 0. The Hall–Kier alpha value is -2.18. The average Bonchev–Trinajstić information content (AvgIpc) is 3.48. The molecule has 3 saturated carbocycles. The Morgan fingerprint density at radius 2 is 1.86 bits per heavy atom. The number of hydrogen-bond acceptors (Lipinski definition) is 6. The van der Waals surface area contributed by atoms with Gasteiger partial charge >= 0.3 is 5.97 Å². The number of esters is 1. The molecule has 1 saturated heterocycles. The number of amides is 1. The van der Waals surface area contributed by atoms with Crippen LogP contribution in [0.3, 0.4) is 0 Å². The van der Waals surface area contributed by atoms with E-state index in [4.69, 9.17) is 9.57 Å². The summed E-state index contributed by atoms with van der Waals surface area (Å²) in [6.45, 7) is 7.06. The maximum atomic E-state index is 12.6. The smallest absolute Gasteiger partial charge is 0.328 e. The monoisotopic (exact) mass is 498 g/mol.